The van der Waals surface area contributed by atoms with E-state index in [1.807, 2.05) is 36.4 Å². The smallest absolute Gasteiger partial charge is 0.224 e. The molecule has 120 valence electrons. The summed E-state index contributed by atoms with van der Waals surface area (Å²) in [5.41, 5.74) is 3.10. The van der Waals surface area contributed by atoms with E-state index in [0.717, 1.165) is 36.3 Å². The highest BCUT2D eigenvalue weighted by Crippen LogP contribution is 2.28. The van der Waals surface area contributed by atoms with Crippen LogP contribution in [0.25, 0.3) is 11.1 Å². The van der Waals surface area contributed by atoms with Crippen LogP contribution in [0.1, 0.15) is 25.7 Å². The number of benzene rings is 2. The van der Waals surface area contributed by atoms with Gasteiger partial charge < -0.3 is 10.6 Å². The third-order valence-electron chi connectivity index (χ3n) is 4.52. The zero-order valence-electron chi connectivity index (χ0n) is 13.4. The van der Waals surface area contributed by atoms with E-state index in [0.29, 0.717) is 12.3 Å². The van der Waals surface area contributed by atoms with Crippen molar-refractivity contribution in [2.45, 2.75) is 25.7 Å². The average Bonchev–Trinajstić information content (AvgIpc) is 2.62. The summed E-state index contributed by atoms with van der Waals surface area (Å²) in [4.78, 5) is 12.3. The second-order valence-electron chi connectivity index (χ2n) is 6.19. The Balaban J connectivity index is 1.62. The minimum atomic E-state index is 0.118. The van der Waals surface area contributed by atoms with Gasteiger partial charge in [-0.25, -0.2) is 0 Å². The summed E-state index contributed by atoms with van der Waals surface area (Å²) in [5, 5.41) is 6.46. The fourth-order valence-electron chi connectivity index (χ4n) is 3.18. The minimum Gasteiger partial charge on any atom is -0.326 e. The van der Waals surface area contributed by atoms with Crippen molar-refractivity contribution in [3.05, 3.63) is 54.6 Å². The van der Waals surface area contributed by atoms with E-state index in [1.54, 1.807) is 0 Å². The lowest BCUT2D eigenvalue weighted by atomic mass is 9.93. The normalized spacial score (nSPS) is 15.3. The van der Waals surface area contributed by atoms with Crippen LogP contribution in [0.2, 0.25) is 0 Å². The van der Waals surface area contributed by atoms with Gasteiger partial charge in [-0.2, -0.15) is 0 Å². The second-order valence-corrected chi connectivity index (χ2v) is 6.19. The standard InChI is InChI=1S/C20H24N2O/c23-20(11-10-16-12-14-21-15-13-16)22-19-9-5-4-8-18(19)17-6-2-1-3-7-17/h1-9,16,21H,10-15H2,(H,22,23). The Hall–Kier alpha value is -2.13. The molecule has 1 saturated heterocycles. The van der Waals surface area contributed by atoms with Gasteiger partial charge in [0.15, 0.2) is 0 Å². The number of nitrogens with one attached hydrogen (secondary N) is 2. The van der Waals surface area contributed by atoms with Crippen molar-refractivity contribution in [2.75, 3.05) is 18.4 Å². The zero-order valence-corrected chi connectivity index (χ0v) is 13.4. The first-order valence-electron chi connectivity index (χ1n) is 8.48. The molecule has 3 heteroatoms. The van der Waals surface area contributed by atoms with Crippen molar-refractivity contribution < 1.29 is 4.79 Å². The predicted molar refractivity (Wildman–Crippen MR) is 95.3 cm³/mol. The van der Waals surface area contributed by atoms with Gasteiger partial charge in [0.2, 0.25) is 5.91 Å². The summed E-state index contributed by atoms with van der Waals surface area (Å²) < 4.78 is 0. The van der Waals surface area contributed by atoms with Gasteiger partial charge in [-0.3, -0.25) is 4.79 Å². The molecule has 0 bridgehead atoms. The topological polar surface area (TPSA) is 41.1 Å². The molecule has 0 atom stereocenters. The Kier molecular flexibility index (Phi) is 5.43. The van der Waals surface area contributed by atoms with Crippen molar-refractivity contribution in [3.63, 3.8) is 0 Å². The molecule has 23 heavy (non-hydrogen) atoms. The quantitative estimate of drug-likeness (QED) is 0.874. The maximum atomic E-state index is 12.3. The Morgan fingerprint density at radius 1 is 1.00 bits per heavy atom. The summed E-state index contributed by atoms with van der Waals surface area (Å²) in [7, 11) is 0. The highest BCUT2D eigenvalue weighted by molar-refractivity contribution is 5.95. The monoisotopic (exact) mass is 308 g/mol. The lowest BCUT2D eigenvalue weighted by molar-refractivity contribution is -0.116. The fourth-order valence-corrected chi connectivity index (χ4v) is 3.18. The molecule has 1 heterocycles. The molecule has 2 aromatic carbocycles. The molecule has 0 unspecified atom stereocenters. The van der Waals surface area contributed by atoms with Crippen LogP contribution >= 0.6 is 0 Å². The van der Waals surface area contributed by atoms with Gasteiger partial charge in [-0.15, -0.1) is 0 Å². The van der Waals surface area contributed by atoms with Crippen LogP contribution in [0, 0.1) is 5.92 Å². The molecule has 0 saturated carbocycles. The maximum Gasteiger partial charge on any atom is 0.224 e. The van der Waals surface area contributed by atoms with Crippen molar-refractivity contribution in [1.29, 1.82) is 0 Å². The number of carbonyl (C=O) groups excluding carboxylic acids is 1. The van der Waals surface area contributed by atoms with Crippen LogP contribution in [0.4, 0.5) is 5.69 Å². The second kappa shape index (κ2) is 7.93. The lowest BCUT2D eigenvalue weighted by Crippen LogP contribution is -2.28. The molecule has 1 aliphatic rings. The first-order chi connectivity index (χ1) is 11.3. The number of carbonyl (C=O) groups is 1. The van der Waals surface area contributed by atoms with Crippen LogP contribution in [-0.4, -0.2) is 19.0 Å². The van der Waals surface area contributed by atoms with E-state index < -0.39 is 0 Å². The van der Waals surface area contributed by atoms with Gasteiger partial charge in [-0.05, 0) is 49.9 Å². The first kappa shape index (κ1) is 15.8. The number of para-hydroxylation sites is 1. The summed E-state index contributed by atoms with van der Waals surface area (Å²) in [6, 6.07) is 18.2. The van der Waals surface area contributed by atoms with Crippen LogP contribution in [0.5, 0.6) is 0 Å². The summed E-state index contributed by atoms with van der Waals surface area (Å²) >= 11 is 0. The summed E-state index contributed by atoms with van der Waals surface area (Å²) in [6.07, 6.45) is 3.97. The molecular weight excluding hydrogens is 284 g/mol. The van der Waals surface area contributed by atoms with E-state index in [9.17, 15) is 4.79 Å². The number of anilines is 1. The fraction of sp³-hybridized carbons (Fsp3) is 0.350. The summed E-state index contributed by atoms with van der Waals surface area (Å²) in [5.74, 6) is 0.804. The van der Waals surface area contributed by atoms with E-state index >= 15 is 0 Å². The molecule has 0 aromatic heterocycles. The lowest BCUT2D eigenvalue weighted by Gasteiger charge is -2.22. The summed E-state index contributed by atoms with van der Waals surface area (Å²) in [6.45, 7) is 2.17. The SMILES string of the molecule is O=C(CCC1CCNCC1)Nc1ccccc1-c1ccccc1. The predicted octanol–water partition coefficient (Wildman–Crippen LogP) is 4.07. The Morgan fingerprint density at radius 3 is 2.48 bits per heavy atom. The van der Waals surface area contributed by atoms with Crippen molar-refractivity contribution in [3.8, 4) is 11.1 Å². The number of piperidine rings is 1. The highest BCUT2D eigenvalue weighted by Gasteiger charge is 2.15. The first-order valence-corrected chi connectivity index (χ1v) is 8.48. The third kappa shape index (κ3) is 4.42. The molecule has 0 radical (unpaired) electrons. The molecule has 1 aliphatic heterocycles. The molecule has 3 rings (SSSR count). The minimum absolute atomic E-state index is 0.118. The van der Waals surface area contributed by atoms with Gasteiger partial charge in [0.05, 0.1) is 0 Å². The van der Waals surface area contributed by atoms with Crippen LogP contribution < -0.4 is 10.6 Å². The van der Waals surface area contributed by atoms with Gasteiger partial charge in [-0.1, -0.05) is 48.5 Å². The van der Waals surface area contributed by atoms with Crippen molar-refractivity contribution in [1.82, 2.24) is 5.32 Å². The van der Waals surface area contributed by atoms with Crippen molar-refractivity contribution >= 4 is 11.6 Å². The number of amides is 1. The number of rotatable bonds is 5. The third-order valence-corrected chi connectivity index (χ3v) is 4.52. The molecule has 1 fully saturated rings. The maximum absolute atomic E-state index is 12.3. The van der Waals surface area contributed by atoms with Crippen LogP contribution in [0.3, 0.4) is 0 Å². The van der Waals surface area contributed by atoms with Crippen molar-refractivity contribution in [2.24, 2.45) is 5.92 Å². The Labute approximate surface area is 138 Å². The average molecular weight is 308 g/mol. The zero-order chi connectivity index (χ0) is 15.9. The van der Waals surface area contributed by atoms with E-state index in [-0.39, 0.29) is 5.91 Å². The molecule has 3 nitrogen and oxygen atoms in total. The number of hydrogen-bond acceptors (Lipinski definition) is 2. The van der Waals surface area contributed by atoms with Gasteiger partial charge >= 0.3 is 0 Å². The van der Waals surface area contributed by atoms with E-state index in [4.69, 9.17) is 0 Å². The number of hydrogen-bond donors (Lipinski definition) is 2. The Bertz CT molecular complexity index is 633. The highest BCUT2D eigenvalue weighted by atomic mass is 16.1. The van der Waals surface area contributed by atoms with E-state index in [2.05, 4.69) is 28.8 Å². The largest absolute Gasteiger partial charge is 0.326 e. The molecule has 2 N–H and O–H groups in total. The van der Waals surface area contributed by atoms with Crippen LogP contribution in [0.15, 0.2) is 54.6 Å². The Morgan fingerprint density at radius 2 is 1.70 bits per heavy atom. The molecular formula is C20H24N2O. The molecule has 1 amide bonds. The van der Waals surface area contributed by atoms with Gasteiger partial charge in [0.1, 0.15) is 0 Å². The van der Waals surface area contributed by atoms with Gasteiger partial charge in [0, 0.05) is 17.7 Å². The molecule has 0 aliphatic carbocycles. The molecule has 0 spiro atoms. The van der Waals surface area contributed by atoms with E-state index in [1.165, 1.54) is 12.8 Å². The molecule has 2 aromatic rings. The van der Waals surface area contributed by atoms with Crippen LogP contribution in [-0.2, 0) is 4.79 Å². The van der Waals surface area contributed by atoms with Gasteiger partial charge in [0.25, 0.3) is 0 Å².